The average Bonchev–Trinajstić information content (AvgIpc) is 2.38. The summed E-state index contributed by atoms with van der Waals surface area (Å²) in [6.45, 7) is 2.69. The fraction of sp³-hybridized carbons (Fsp3) is 0.462. The number of hydrogen-bond donors (Lipinski definition) is 2. The van der Waals surface area contributed by atoms with E-state index in [9.17, 15) is 0 Å². The van der Waals surface area contributed by atoms with Gasteiger partial charge in [0, 0.05) is 26.6 Å². The average molecular weight is 252 g/mol. The van der Waals surface area contributed by atoms with Crippen molar-refractivity contribution < 1.29 is 14.7 Å². The van der Waals surface area contributed by atoms with Crippen molar-refractivity contribution in [3.05, 3.63) is 29.8 Å². The molecule has 1 unspecified atom stereocenters. The minimum atomic E-state index is 0.111. The summed E-state index contributed by atoms with van der Waals surface area (Å²) in [6.07, 6.45) is 1.39. The van der Waals surface area contributed by atoms with E-state index in [4.69, 9.17) is 20.4 Å². The lowest BCUT2D eigenvalue weighted by Gasteiger charge is -2.14. The maximum absolute atomic E-state index is 8.48. The van der Waals surface area contributed by atoms with Crippen LogP contribution in [0.3, 0.4) is 0 Å². The van der Waals surface area contributed by atoms with Crippen LogP contribution in [0, 0.1) is 0 Å². The standard InChI is InChI=1S/C13H20N2O3/c1-10(7-8-17-2)18-12-5-3-11(4-6-12)9-13(14)15-16/h3-6,10,16H,7-9H2,1-2H3,(H2,14,15). The van der Waals surface area contributed by atoms with Gasteiger partial charge in [0.2, 0.25) is 0 Å². The molecule has 0 saturated heterocycles. The largest absolute Gasteiger partial charge is 0.491 e. The Morgan fingerprint density at radius 2 is 2.06 bits per heavy atom. The molecule has 5 nitrogen and oxygen atoms in total. The molecule has 1 aromatic carbocycles. The van der Waals surface area contributed by atoms with Crippen molar-refractivity contribution in [1.29, 1.82) is 0 Å². The van der Waals surface area contributed by atoms with Crippen LogP contribution < -0.4 is 10.5 Å². The van der Waals surface area contributed by atoms with Crippen LogP contribution in [0.25, 0.3) is 0 Å². The van der Waals surface area contributed by atoms with Crippen molar-refractivity contribution in [2.24, 2.45) is 10.9 Å². The van der Waals surface area contributed by atoms with Crippen LogP contribution in [0.1, 0.15) is 18.9 Å². The number of ether oxygens (including phenoxy) is 2. The minimum Gasteiger partial charge on any atom is -0.491 e. The lowest BCUT2D eigenvalue weighted by atomic mass is 10.1. The van der Waals surface area contributed by atoms with Gasteiger partial charge in [-0.05, 0) is 24.6 Å². The molecular weight excluding hydrogens is 232 g/mol. The van der Waals surface area contributed by atoms with E-state index in [1.165, 1.54) is 0 Å². The van der Waals surface area contributed by atoms with Crippen molar-refractivity contribution in [2.75, 3.05) is 13.7 Å². The predicted octanol–water partition coefficient (Wildman–Crippen LogP) is 1.78. The Kier molecular flexibility index (Phi) is 6.00. The van der Waals surface area contributed by atoms with Crippen molar-refractivity contribution >= 4 is 5.84 Å². The smallest absolute Gasteiger partial charge is 0.143 e. The highest BCUT2D eigenvalue weighted by molar-refractivity contribution is 5.82. The molecule has 0 amide bonds. The molecule has 0 aromatic heterocycles. The molecule has 1 atom stereocenters. The van der Waals surface area contributed by atoms with E-state index in [1.807, 2.05) is 31.2 Å². The highest BCUT2D eigenvalue weighted by Gasteiger charge is 2.04. The SMILES string of the molecule is COCCC(C)Oc1ccc(C/C(N)=N/O)cc1. The molecular formula is C13H20N2O3. The molecule has 0 fully saturated rings. The lowest BCUT2D eigenvalue weighted by Crippen LogP contribution is -2.15. The van der Waals surface area contributed by atoms with Crippen molar-refractivity contribution in [3.63, 3.8) is 0 Å². The number of rotatable bonds is 7. The van der Waals surface area contributed by atoms with Gasteiger partial charge in [-0.3, -0.25) is 0 Å². The van der Waals surface area contributed by atoms with E-state index in [0.717, 1.165) is 17.7 Å². The van der Waals surface area contributed by atoms with Gasteiger partial charge in [-0.1, -0.05) is 17.3 Å². The number of oxime groups is 1. The van der Waals surface area contributed by atoms with E-state index in [0.29, 0.717) is 13.0 Å². The minimum absolute atomic E-state index is 0.111. The van der Waals surface area contributed by atoms with Crippen molar-refractivity contribution in [3.8, 4) is 5.75 Å². The second kappa shape index (κ2) is 7.55. The van der Waals surface area contributed by atoms with Gasteiger partial charge in [0.1, 0.15) is 11.6 Å². The monoisotopic (exact) mass is 252 g/mol. The van der Waals surface area contributed by atoms with E-state index < -0.39 is 0 Å². The van der Waals surface area contributed by atoms with Gasteiger partial charge in [0.15, 0.2) is 0 Å². The molecule has 0 saturated carbocycles. The van der Waals surface area contributed by atoms with E-state index in [-0.39, 0.29) is 11.9 Å². The summed E-state index contributed by atoms with van der Waals surface area (Å²) in [6, 6.07) is 7.55. The quantitative estimate of drug-likeness (QED) is 0.335. The van der Waals surface area contributed by atoms with Crippen LogP contribution in [0.5, 0.6) is 5.75 Å². The molecule has 5 heteroatoms. The molecule has 0 radical (unpaired) electrons. The fourth-order valence-electron chi connectivity index (χ4n) is 1.51. The molecule has 0 heterocycles. The molecule has 100 valence electrons. The summed E-state index contributed by atoms with van der Waals surface area (Å²) in [5, 5.41) is 11.4. The van der Waals surface area contributed by atoms with Gasteiger partial charge >= 0.3 is 0 Å². The lowest BCUT2D eigenvalue weighted by molar-refractivity contribution is 0.135. The summed E-state index contributed by atoms with van der Waals surface area (Å²) in [5.74, 6) is 0.999. The van der Waals surface area contributed by atoms with Crippen LogP contribution in [0.15, 0.2) is 29.4 Å². The van der Waals surface area contributed by atoms with Gasteiger partial charge in [0.25, 0.3) is 0 Å². The first-order chi connectivity index (χ1) is 8.65. The summed E-state index contributed by atoms with van der Waals surface area (Å²) < 4.78 is 10.7. The van der Waals surface area contributed by atoms with Crippen LogP contribution in [0.2, 0.25) is 0 Å². The second-order valence-corrected chi connectivity index (χ2v) is 4.12. The zero-order chi connectivity index (χ0) is 13.4. The topological polar surface area (TPSA) is 77.1 Å². The molecule has 18 heavy (non-hydrogen) atoms. The molecule has 0 aliphatic heterocycles. The third-order valence-corrected chi connectivity index (χ3v) is 2.50. The van der Waals surface area contributed by atoms with Crippen molar-refractivity contribution in [2.45, 2.75) is 25.9 Å². The Labute approximate surface area is 107 Å². The first-order valence-corrected chi connectivity index (χ1v) is 5.86. The molecule has 3 N–H and O–H groups in total. The molecule has 0 aliphatic rings. The third kappa shape index (κ3) is 5.05. The summed E-state index contributed by atoms with van der Waals surface area (Å²) in [7, 11) is 1.68. The van der Waals surface area contributed by atoms with Crippen LogP contribution in [-0.4, -0.2) is 30.9 Å². The van der Waals surface area contributed by atoms with E-state index in [2.05, 4.69) is 5.16 Å². The van der Waals surface area contributed by atoms with E-state index >= 15 is 0 Å². The Bertz CT molecular complexity index is 376. The number of amidine groups is 1. The van der Waals surface area contributed by atoms with Gasteiger partial charge in [-0.2, -0.15) is 0 Å². The first kappa shape index (κ1) is 14.3. The number of hydrogen-bond acceptors (Lipinski definition) is 4. The summed E-state index contributed by atoms with van der Waals surface area (Å²) in [4.78, 5) is 0. The number of nitrogens with two attached hydrogens (primary N) is 1. The number of methoxy groups -OCH3 is 1. The van der Waals surface area contributed by atoms with Gasteiger partial charge in [0.05, 0.1) is 6.10 Å². The van der Waals surface area contributed by atoms with Gasteiger partial charge in [-0.15, -0.1) is 0 Å². The van der Waals surface area contributed by atoms with Crippen LogP contribution in [0.4, 0.5) is 0 Å². The summed E-state index contributed by atoms with van der Waals surface area (Å²) in [5.41, 5.74) is 6.41. The van der Waals surface area contributed by atoms with E-state index in [1.54, 1.807) is 7.11 Å². The van der Waals surface area contributed by atoms with Crippen LogP contribution in [-0.2, 0) is 11.2 Å². The first-order valence-electron chi connectivity index (χ1n) is 5.86. The zero-order valence-corrected chi connectivity index (χ0v) is 10.8. The van der Waals surface area contributed by atoms with Crippen molar-refractivity contribution in [1.82, 2.24) is 0 Å². The Hall–Kier alpha value is -1.75. The molecule has 0 aliphatic carbocycles. The molecule has 0 spiro atoms. The number of nitrogens with zero attached hydrogens (tertiary/aromatic N) is 1. The third-order valence-electron chi connectivity index (χ3n) is 2.50. The highest BCUT2D eigenvalue weighted by Crippen LogP contribution is 2.15. The predicted molar refractivity (Wildman–Crippen MR) is 70.1 cm³/mol. The zero-order valence-electron chi connectivity index (χ0n) is 10.8. The Morgan fingerprint density at radius 3 is 2.61 bits per heavy atom. The Morgan fingerprint density at radius 1 is 1.39 bits per heavy atom. The highest BCUT2D eigenvalue weighted by atomic mass is 16.5. The number of benzene rings is 1. The molecule has 1 aromatic rings. The molecule has 1 rings (SSSR count). The fourth-order valence-corrected chi connectivity index (χ4v) is 1.51. The molecule has 0 bridgehead atoms. The normalized spacial score (nSPS) is 13.3. The summed E-state index contributed by atoms with van der Waals surface area (Å²) >= 11 is 0. The Balaban J connectivity index is 2.49. The van der Waals surface area contributed by atoms with Gasteiger partial charge in [-0.25, -0.2) is 0 Å². The van der Waals surface area contributed by atoms with Gasteiger partial charge < -0.3 is 20.4 Å². The maximum Gasteiger partial charge on any atom is 0.143 e. The van der Waals surface area contributed by atoms with Crippen LogP contribution >= 0.6 is 0 Å². The second-order valence-electron chi connectivity index (χ2n) is 4.12. The maximum atomic E-state index is 8.48.